The summed E-state index contributed by atoms with van der Waals surface area (Å²) in [5.41, 5.74) is 1.29. The summed E-state index contributed by atoms with van der Waals surface area (Å²) in [4.78, 5) is 11.2. The zero-order valence-corrected chi connectivity index (χ0v) is 9.21. The molecule has 0 fully saturated rings. The SMILES string of the molecule is CCCCCCC1=C[C@H]1C(=O)OCC. The smallest absolute Gasteiger partial charge is 0.316 e. The fourth-order valence-corrected chi connectivity index (χ4v) is 1.61. The first-order valence-corrected chi connectivity index (χ1v) is 5.66. The lowest BCUT2D eigenvalue weighted by molar-refractivity contribution is -0.144. The maximum absolute atomic E-state index is 11.2. The fraction of sp³-hybridized carbons (Fsp3) is 0.750. The number of hydrogen-bond acceptors (Lipinski definition) is 2. The van der Waals surface area contributed by atoms with Crippen LogP contribution in [0.25, 0.3) is 0 Å². The van der Waals surface area contributed by atoms with Crippen LogP contribution in [0.2, 0.25) is 0 Å². The van der Waals surface area contributed by atoms with Crippen molar-refractivity contribution in [1.82, 2.24) is 0 Å². The third kappa shape index (κ3) is 3.52. The van der Waals surface area contributed by atoms with Crippen molar-refractivity contribution in [3.8, 4) is 0 Å². The molecule has 0 aliphatic heterocycles. The molecule has 0 saturated carbocycles. The van der Waals surface area contributed by atoms with E-state index in [4.69, 9.17) is 4.74 Å². The van der Waals surface area contributed by atoms with Gasteiger partial charge in [-0.1, -0.05) is 37.8 Å². The average Bonchev–Trinajstić information content (AvgIpc) is 2.92. The molecule has 1 aliphatic rings. The van der Waals surface area contributed by atoms with E-state index in [1.807, 2.05) is 13.0 Å². The Bertz CT molecular complexity index is 218. The number of hydrogen-bond donors (Lipinski definition) is 0. The Labute approximate surface area is 86.3 Å². The standard InChI is InChI=1S/C12H20O2/c1-3-5-6-7-8-10-9-11(10)12(13)14-4-2/h9,11H,3-8H2,1-2H3/t11-/m1/s1. The lowest BCUT2D eigenvalue weighted by Crippen LogP contribution is -2.08. The molecular weight excluding hydrogens is 176 g/mol. The quantitative estimate of drug-likeness (QED) is 0.355. The Balaban J connectivity index is 2.02. The Hall–Kier alpha value is -0.790. The normalized spacial score (nSPS) is 19.0. The van der Waals surface area contributed by atoms with E-state index in [0.717, 1.165) is 6.42 Å². The van der Waals surface area contributed by atoms with E-state index in [-0.39, 0.29) is 11.9 Å². The van der Waals surface area contributed by atoms with Crippen molar-refractivity contribution in [2.45, 2.75) is 46.0 Å². The maximum atomic E-state index is 11.2. The van der Waals surface area contributed by atoms with Gasteiger partial charge in [-0.2, -0.15) is 0 Å². The van der Waals surface area contributed by atoms with Crippen LogP contribution in [0.15, 0.2) is 11.6 Å². The van der Waals surface area contributed by atoms with Crippen molar-refractivity contribution in [2.75, 3.05) is 6.61 Å². The average molecular weight is 196 g/mol. The van der Waals surface area contributed by atoms with Gasteiger partial charge in [0.05, 0.1) is 12.5 Å². The molecule has 0 saturated heterocycles. The van der Waals surface area contributed by atoms with Crippen LogP contribution in [0.5, 0.6) is 0 Å². The van der Waals surface area contributed by atoms with Crippen LogP contribution in [0.3, 0.4) is 0 Å². The monoisotopic (exact) mass is 196 g/mol. The summed E-state index contributed by atoms with van der Waals surface area (Å²) in [6.45, 7) is 4.55. The maximum Gasteiger partial charge on any atom is 0.316 e. The second-order valence-corrected chi connectivity index (χ2v) is 3.78. The van der Waals surface area contributed by atoms with Crippen molar-refractivity contribution >= 4 is 5.97 Å². The van der Waals surface area contributed by atoms with Crippen molar-refractivity contribution in [3.05, 3.63) is 11.6 Å². The summed E-state index contributed by atoms with van der Waals surface area (Å²) in [7, 11) is 0. The molecule has 0 heterocycles. The molecule has 0 unspecified atom stereocenters. The Kier molecular flexibility index (Phi) is 4.71. The molecule has 0 bridgehead atoms. The summed E-state index contributed by atoms with van der Waals surface area (Å²) in [6.07, 6.45) is 8.18. The number of unbranched alkanes of at least 4 members (excludes halogenated alkanes) is 3. The number of ether oxygens (including phenoxy) is 1. The molecule has 0 spiro atoms. The number of carbonyl (C=O) groups is 1. The second-order valence-electron chi connectivity index (χ2n) is 3.78. The van der Waals surface area contributed by atoms with Gasteiger partial charge in [0, 0.05) is 0 Å². The third-order valence-electron chi connectivity index (χ3n) is 2.53. The molecule has 0 aromatic rings. The number of esters is 1. The van der Waals surface area contributed by atoms with Gasteiger partial charge in [0.25, 0.3) is 0 Å². The van der Waals surface area contributed by atoms with Gasteiger partial charge in [-0.05, 0) is 19.8 Å². The zero-order valence-electron chi connectivity index (χ0n) is 9.21. The Morgan fingerprint density at radius 3 is 2.79 bits per heavy atom. The molecule has 2 heteroatoms. The summed E-state index contributed by atoms with van der Waals surface area (Å²) >= 11 is 0. The number of rotatable bonds is 7. The fourth-order valence-electron chi connectivity index (χ4n) is 1.61. The van der Waals surface area contributed by atoms with Crippen LogP contribution in [0, 0.1) is 5.92 Å². The van der Waals surface area contributed by atoms with E-state index in [2.05, 4.69) is 6.92 Å². The van der Waals surface area contributed by atoms with Crippen LogP contribution in [-0.4, -0.2) is 12.6 Å². The van der Waals surface area contributed by atoms with E-state index < -0.39 is 0 Å². The van der Waals surface area contributed by atoms with Gasteiger partial charge in [0.1, 0.15) is 0 Å². The molecule has 0 radical (unpaired) electrons. The highest BCUT2D eigenvalue weighted by atomic mass is 16.5. The number of carbonyl (C=O) groups excluding carboxylic acids is 1. The molecule has 1 aliphatic carbocycles. The predicted octanol–water partition coefficient (Wildman–Crippen LogP) is 3.08. The van der Waals surface area contributed by atoms with Crippen molar-refractivity contribution in [3.63, 3.8) is 0 Å². The summed E-state index contributed by atoms with van der Waals surface area (Å²) in [5.74, 6) is -0.0189. The van der Waals surface area contributed by atoms with E-state index >= 15 is 0 Å². The summed E-state index contributed by atoms with van der Waals surface area (Å²) in [5, 5.41) is 0. The van der Waals surface area contributed by atoms with Crippen molar-refractivity contribution in [1.29, 1.82) is 0 Å². The van der Waals surface area contributed by atoms with Crippen LogP contribution < -0.4 is 0 Å². The zero-order chi connectivity index (χ0) is 10.4. The van der Waals surface area contributed by atoms with E-state index in [9.17, 15) is 4.79 Å². The first-order valence-electron chi connectivity index (χ1n) is 5.66. The molecule has 1 rings (SSSR count). The van der Waals surface area contributed by atoms with Gasteiger partial charge in [-0.25, -0.2) is 0 Å². The van der Waals surface area contributed by atoms with Crippen LogP contribution in [0.1, 0.15) is 46.0 Å². The van der Waals surface area contributed by atoms with E-state index in [0.29, 0.717) is 6.61 Å². The molecule has 0 aromatic heterocycles. The van der Waals surface area contributed by atoms with Crippen molar-refractivity contribution in [2.24, 2.45) is 5.92 Å². The molecule has 0 amide bonds. The van der Waals surface area contributed by atoms with Crippen LogP contribution in [0.4, 0.5) is 0 Å². The van der Waals surface area contributed by atoms with Crippen LogP contribution >= 0.6 is 0 Å². The minimum Gasteiger partial charge on any atom is -0.465 e. The van der Waals surface area contributed by atoms with Gasteiger partial charge >= 0.3 is 5.97 Å². The predicted molar refractivity (Wildman–Crippen MR) is 57.0 cm³/mol. The molecule has 2 nitrogen and oxygen atoms in total. The largest absolute Gasteiger partial charge is 0.465 e. The highest BCUT2D eigenvalue weighted by Crippen LogP contribution is 2.34. The molecule has 14 heavy (non-hydrogen) atoms. The Morgan fingerprint density at radius 2 is 2.14 bits per heavy atom. The molecule has 80 valence electrons. The van der Waals surface area contributed by atoms with Gasteiger partial charge < -0.3 is 4.74 Å². The molecule has 0 N–H and O–H groups in total. The minimum absolute atomic E-state index is 0.0385. The first-order chi connectivity index (χ1) is 6.79. The minimum atomic E-state index is -0.0574. The summed E-state index contributed by atoms with van der Waals surface area (Å²) < 4.78 is 4.93. The highest BCUT2D eigenvalue weighted by Gasteiger charge is 2.32. The van der Waals surface area contributed by atoms with Crippen LogP contribution in [-0.2, 0) is 9.53 Å². The van der Waals surface area contributed by atoms with Crippen molar-refractivity contribution < 1.29 is 9.53 Å². The molecule has 1 atom stereocenters. The van der Waals surface area contributed by atoms with Gasteiger partial charge in [0.2, 0.25) is 0 Å². The lowest BCUT2D eigenvalue weighted by atomic mass is 10.1. The van der Waals surface area contributed by atoms with Gasteiger partial charge in [-0.15, -0.1) is 0 Å². The second kappa shape index (κ2) is 5.84. The van der Waals surface area contributed by atoms with Gasteiger partial charge in [0.15, 0.2) is 0 Å². The third-order valence-corrected chi connectivity index (χ3v) is 2.53. The van der Waals surface area contributed by atoms with Gasteiger partial charge in [-0.3, -0.25) is 4.79 Å². The Morgan fingerprint density at radius 1 is 1.36 bits per heavy atom. The summed E-state index contributed by atoms with van der Waals surface area (Å²) in [6, 6.07) is 0. The highest BCUT2D eigenvalue weighted by molar-refractivity contribution is 5.83. The van der Waals surface area contributed by atoms with E-state index in [1.54, 1.807) is 0 Å². The molecule has 0 aromatic carbocycles. The first kappa shape index (κ1) is 11.3. The lowest BCUT2D eigenvalue weighted by Gasteiger charge is -2.01. The van der Waals surface area contributed by atoms with E-state index in [1.165, 1.54) is 31.3 Å². The molecular formula is C12H20O2. The topological polar surface area (TPSA) is 26.3 Å².